The van der Waals surface area contributed by atoms with E-state index in [9.17, 15) is 20.1 Å². The van der Waals surface area contributed by atoms with E-state index in [1.165, 1.54) is 0 Å². The lowest BCUT2D eigenvalue weighted by molar-refractivity contribution is -0.312. The molecule has 0 aromatic heterocycles. The highest BCUT2D eigenvalue weighted by Crippen LogP contribution is 2.26. The zero-order valence-electron chi connectivity index (χ0n) is 10.5. The summed E-state index contributed by atoms with van der Waals surface area (Å²) in [5.74, 6) is 0.189. The molecule has 5 atom stereocenters. The van der Waals surface area contributed by atoms with Gasteiger partial charge in [0.1, 0.15) is 30.2 Å². The minimum absolute atomic E-state index is 0.189. The van der Waals surface area contributed by atoms with Crippen molar-refractivity contribution < 1.29 is 34.7 Å². The second kappa shape index (κ2) is 6.25. The molecule has 1 saturated heterocycles. The quantitative estimate of drug-likeness (QED) is 0.486. The molecule has 110 valence electrons. The van der Waals surface area contributed by atoms with Crippen molar-refractivity contribution in [3.8, 4) is 0 Å². The number of ketones is 1. The maximum Gasteiger partial charge on any atom is 0.186 e. The third-order valence-corrected chi connectivity index (χ3v) is 3.67. The van der Waals surface area contributed by atoms with Gasteiger partial charge in [0.05, 0.1) is 12.7 Å². The molecule has 4 N–H and O–H groups in total. The van der Waals surface area contributed by atoms with Crippen molar-refractivity contribution in [1.29, 1.82) is 0 Å². The van der Waals surface area contributed by atoms with Crippen LogP contribution in [0, 0.1) is 0 Å². The second-order valence-electron chi connectivity index (χ2n) is 5.07. The van der Waals surface area contributed by atoms with Gasteiger partial charge in [0.15, 0.2) is 6.29 Å². The summed E-state index contributed by atoms with van der Waals surface area (Å²) in [7, 11) is 0. The number of aliphatic hydroxyl groups is 4. The van der Waals surface area contributed by atoms with E-state index in [4.69, 9.17) is 14.6 Å². The molecule has 2 aliphatic rings. The van der Waals surface area contributed by atoms with Crippen molar-refractivity contribution in [1.82, 2.24) is 0 Å². The molecular weight excluding hydrogens is 256 g/mol. The number of carbonyl (C=O) groups excluding carboxylic acids is 1. The molecule has 3 unspecified atom stereocenters. The fourth-order valence-electron chi connectivity index (χ4n) is 2.42. The first-order valence-electron chi connectivity index (χ1n) is 6.50. The fourth-order valence-corrected chi connectivity index (χ4v) is 2.42. The van der Waals surface area contributed by atoms with Crippen molar-refractivity contribution in [2.24, 2.45) is 0 Å². The molecule has 1 saturated carbocycles. The highest BCUT2D eigenvalue weighted by atomic mass is 16.7. The van der Waals surface area contributed by atoms with Gasteiger partial charge in [-0.15, -0.1) is 0 Å². The number of hydrogen-bond donors (Lipinski definition) is 4. The van der Waals surface area contributed by atoms with Crippen LogP contribution in [-0.4, -0.2) is 69.6 Å². The smallest absolute Gasteiger partial charge is 0.186 e. The molecule has 0 bridgehead atoms. The first-order chi connectivity index (χ1) is 9.02. The van der Waals surface area contributed by atoms with Crippen LogP contribution >= 0.6 is 0 Å². The standard InChI is InChI=1S/C12H20O7/c13-5-8-9(15)10(16)11(17)12(19-8)18-7-3-1-6(14)2-4-7/h7-13,15-17H,1-5H2/t8?,9-,10?,11?,12-/m1/s1. The normalized spacial score (nSPS) is 41.5. The van der Waals surface area contributed by atoms with Gasteiger partial charge in [-0.3, -0.25) is 4.79 Å². The molecule has 1 heterocycles. The molecule has 0 radical (unpaired) electrons. The molecule has 0 amide bonds. The average molecular weight is 276 g/mol. The van der Waals surface area contributed by atoms with Crippen molar-refractivity contribution in [3.05, 3.63) is 0 Å². The molecule has 2 rings (SSSR count). The van der Waals surface area contributed by atoms with Gasteiger partial charge in [-0.25, -0.2) is 0 Å². The van der Waals surface area contributed by atoms with Gasteiger partial charge in [0.25, 0.3) is 0 Å². The van der Waals surface area contributed by atoms with Gasteiger partial charge in [0.2, 0.25) is 0 Å². The zero-order valence-corrected chi connectivity index (χ0v) is 10.5. The lowest BCUT2D eigenvalue weighted by atomic mass is 9.95. The summed E-state index contributed by atoms with van der Waals surface area (Å²) >= 11 is 0. The van der Waals surface area contributed by atoms with Gasteiger partial charge >= 0.3 is 0 Å². The van der Waals surface area contributed by atoms with Gasteiger partial charge in [-0.05, 0) is 12.8 Å². The largest absolute Gasteiger partial charge is 0.394 e. The number of Topliss-reactive ketones (excluding diaryl/α,β-unsaturated/α-hetero) is 1. The van der Waals surface area contributed by atoms with Gasteiger partial charge in [-0.1, -0.05) is 0 Å². The maximum absolute atomic E-state index is 11.1. The third kappa shape index (κ3) is 3.31. The topological polar surface area (TPSA) is 116 Å². The average Bonchev–Trinajstić information content (AvgIpc) is 2.42. The third-order valence-electron chi connectivity index (χ3n) is 3.67. The first kappa shape index (κ1) is 14.8. The Bertz CT molecular complexity index is 309. The van der Waals surface area contributed by atoms with Gasteiger partial charge in [0, 0.05) is 12.8 Å². The molecule has 1 aliphatic carbocycles. The predicted molar refractivity (Wildman–Crippen MR) is 62.1 cm³/mol. The van der Waals surface area contributed by atoms with Crippen LogP contribution < -0.4 is 0 Å². The van der Waals surface area contributed by atoms with Crippen LogP contribution in [0.3, 0.4) is 0 Å². The summed E-state index contributed by atoms with van der Waals surface area (Å²) in [6.07, 6.45) is -4.52. The van der Waals surface area contributed by atoms with Gasteiger partial charge < -0.3 is 29.9 Å². The van der Waals surface area contributed by atoms with E-state index in [2.05, 4.69) is 0 Å². The lowest BCUT2D eigenvalue weighted by Crippen LogP contribution is -2.59. The highest BCUT2D eigenvalue weighted by molar-refractivity contribution is 5.79. The Morgan fingerprint density at radius 2 is 1.74 bits per heavy atom. The minimum Gasteiger partial charge on any atom is -0.394 e. The molecule has 7 nitrogen and oxygen atoms in total. The molecule has 19 heavy (non-hydrogen) atoms. The summed E-state index contributed by atoms with van der Waals surface area (Å²) in [5, 5.41) is 38.1. The lowest BCUT2D eigenvalue weighted by Gasteiger charge is -2.41. The van der Waals surface area contributed by atoms with E-state index < -0.39 is 37.3 Å². The Morgan fingerprint density at radius 3 is 2.32 bits per heavy atom. The fraction of sp³-hybridized carbons (Fsp3) is 0.917. The van der Waals surface area contributed by atoms with E-state index in [0.717, 1.165) is 0 Å². The van der Waals surface area contributed by atoms with E-state index in [-0.39, 0.29) is 11.9 Å². The number of rotatable bonds is 3. The Morgan fingerprint density at radius 1 is 1.11 bits per heavy atom. The van der Waals surface area contributed by atoms with E-state index in [0.29, 0.717) is 25.7 Å². The molecule has 0 aromatic carbocycles. The van der Waals surface area contributed by atoms with Crippen LogP contribution in [0.4, 0.5) is 0 Å². The number of hydrogen-bond acceptors (Lipinski definition) is 7. The number of aliphatic hydroxyl groups excluding tert-OH is 4. The molecule has 7 heteroatoms. The van der Waals surface area contributed by atoms with Crippen LogP contribution in [0.25, 0.3) is 0 Å². The summed E-state index contributed by atoms with van der Waals surface area (Å²) < 4.78 is 10.8. The second-order valence-corrected chi connectivity index (χ2v) is 5.07. The van der Waals surface area contributed by atoms with Crippen molar-refractivity contribution >= 4 is 5.78 Å². The first-order valence-corrected chi connectivity index (χ1v) is 6.50. The SMILES string of the molecule is O=C1CCC(O[C@@H]2OC(CO)[C@@H](O)C(O)C2O)CC1. The molecule has 2 fully saturated rings. The van der Waals surface area contributed by atoms with Crippen LogP contribution in [0.2, 0.25) is 0 Å². The van der Waals surface area contributed by atoms with Crippen LogP contribution in [0.5, 0.6) is 0 Å². The summed E-state index contributed by atoms with van der Waals surface area (Å²) in [6, 6.07) is 0. The summed E-state index contributed by atoms with van der Waals surface area (Å²) in [6.45, 7) is -0.478. The van der Waals surface area contributed by atoms with E-state index in [1.54, 1.807) is 0 Å². The van der Waals surface area contributed by atoms with Crippen LogP contribution in [-0.2, 0) is 14.3 Å². The molecule has 0 spiro atoms. The minimum atomic E-state index is -1.43. The highest BCUT2D eigenvalue weighted by Gasteiger charge is 2.44. The van der Waals surface area contributed by atoms with E-state index >= 15 is 0 Å². The summed E-state index contributed by atoms with van der Waals surface area (Å²) in [5.41, 5.74) is 0. The number of carbonyl (C=O) groups is 1. The summed E-state index contributed by atoms with van der Waals surface area (Å²) in [4.78, 5) is 11.1. The molecule has 1 aliphatic heterocycles. The zero-order chi connectivity index (χ0) is 14.0. The van der Waals surface area contributed by atoms with Crippen LogP contribution in [0.15, 0.2) is 0 Å². The predicted octanol–water partition coefficient (Wildman–Crippen LogP) is -1.69. The maximum atomic E-state index is 11.1. The Kier molecular flexibility index (Phi) is 4.88. The molecular formula is C12H20O7. The van der Waals surface area contributed by atoms with Gasteiger partial charge in [-0.2, -0.15) is 0 Å². The Balaban J connectivity index is 1.93. The van der Waals surface area contributed by atoms with Crippen molar-refractivity contribution in [2.45, 2.75) is 62.5 Å². The Labute approximate surface area is 110 Å². The monoisotopic (exact) mass is 276 g/mol. The van der Waals surface area contributed by atoms with Crippen LogP contribution in [0.1, 0.15) is 25.7 Å². The van der Waals surface area contributed by atoms with Crippen molar-refractivity contribution in [2.75, 3.05) is 6.61 Å². The van der Waals surface area contributed by atoms with E-state index in [1.807, 2.05) is 0 Å². The Hall–Kier alpha value is -0.570. The number of ether oxygens (including phenoxy) is 2. The van der Waals surface area contributed by atoms with Crippen molar-refractivity contribution in [3.63, 3.8) is 0 Å². The molecule has 0 aromatic rings.